The summed E-state index contributed by atoms with van der Waals surface area (Å²) in [5, 5.41) is 0. The number of hydrogen-bond acceptors (Lipinski definition) is 4. The van der Waals surface area contributed by atoms with Crippen LogP contribution in [0.25, 0.3) is 0 Å². The Bertz CT molecular complexity index is 191. The molecule has 4 nitrogen and oxygen atoms in total. The average Bonchev–Trinajstić information content (AvgIpc) is 2.95. The summed E-state index contributed by atoms with van der Waals surface area (Å²) >= 11 is 0. The molecule has 1 heterocycles. The van der Waals surface area contributed by atoms with Gasteiger partial charge in [-0.15, -0.1) is 0 Å². The van der Waals surface area contributed by atoms with E-state index in [-0.39, 0.29) is 6.10 Å². The van der Waals surface area contributed by atoms with Crippen molar-refractivity contribution in [1.29, 1.82) is 0 Å². The molecule has 0 aromatic carbocycles. The van der Waals surface area contributed by atoms with Gasteiger partial charge in [0.1, 0.15) is 6.10 Å². The second kappa shape index (κ2) is 5.11. The molecule has 0 N–H and O–H groups in total. The highest BCUT2D eigenvalue weighted by molar-refractivity contribution is 7.53. The van der Waals surface area contributed by atoms with Gasteiger partial charge in [0.2, 0.25) is 0 Å². The fourth-order valence-electron chi connectivity index (χ4n) is 0.921. The van der Waals surface area contributed by atoms with Crippen LogP contribution in [0.15, 0.2) is 0 Å². The SMILES string of the molecule is CCCCP(=O)(OC)OC[C@@H]1CO1. The molecule has 0 spiro atoms. The molecule has 1 aliphatic rings. The molecule has 0 aromatic rings. The first-order chi connectivity index (χ1) is 6.20. The van der Waals surface area contributed by atoms with Crippen LogP contribution in [0.4, 0.5) is 0 Å². The van der Waals surface area contributed by atoms with Crippen LogP contribution in [0, 0.1) is 0 Å². The molecule has 0 aliphatic carbocycles. The van der Waals surface area contributed by atoms with E-state index >= 15 is 0 Å². The molecule has 2 atom stereocenters. The molecule has 0 aromatic heterocycles. The van der Waals surface area contributed by atoms with E-state index in [4.69, 9.17) is 13.8 Å². The van der Waals surface area contributed by atoms with Crippen LogP contribution in [0.2, 0.25) is 0 Å². The van der Waals surface area contributed by atoms with Gasteiger partial charge in [-0.05, 0) is 6.42 Å². The van der Waals surface area contributed by atoms with Gasteiger partial charge in [0.05, 0.1) is 19.4 Å². The van der Waals surface area contributed by atoms with Crippen molar-refractivity contribution in [2.45, 2.75) is 25.9 Å². The minimum atomic E-state index is -2.81. The van der Waals surface area contributed by atoms with Gasteiger partial charge in [-0.25, -0.2) is 0 Å². The molecule has 13 heavy (non-hydrogen) atoms. The summed E-state index contributed by atoms with van der Waals surface area (Å²) < 4.78 is 26.8. The Balaban J connectivity index is 2.23. The molecule has 0 bridgehead atoms. The van der Waals surface area contributed by atoms with Gasteiger partial charge in [-0.3, -0.25) is 4.57 Å². The van der Waals surface area contributed by atoms with Crippen molar-refractivity contribution in [2.24, 2.45) is 0 Å². The molecule has 1 fully saturated rings. The van der Waals surface area contributed by atoms with E-state index in [1.165, 1.54) is 7.11 Å². The smallest absolute Gasteiger partial charge is 0.330 e. The highest BCUT2D eigenvalue weighted by Crippen LogP contribution is 2.48. The maximum Gasteiger partial charge on any atom is 0.330 e. The Kier molecular flexibility index (Phi) is 4.39. The molecule has 1 rings (SSSR count). The topological polar surface area (TPSA) is 48.1 Å². The quantitative estimate of drug-likeness (QED) is 0.474. The summed E-state index contributed by atoms with van der Waals surface area (Å²) in [4.78, 5) is 0. The van der Waals surface area contributed by atoms with Gasteiger partial charge < -0.3 is 13.8 Å². The fraction of sp³-hybridized carbons (Fsp3) is 1.00. The largest absolute Gasteiger partial charge is 0.371 e. The number of rotatable bonds is 7. The maximum atomic E-state index is 11.8. The Labute approximate surface area is 79.1 Å². The minimum absolute atomic E-state index is 0.144. The first-order valence-electron chi connectivity index (χ1n) is 4.61. The predicted octanol–water partition coefficient (Wildman–Crippen LogP) is 2.04. The number of unbranched alkanes of at least 4 members (excludes halogenated alkanes) is 1. The summed E-state index contributed by atoms with van der Waals surface area (Å²) in [6, 6.07) is 0. The summed E-state index contributed by atoms with van der Waals surface area (Å²) in [6.07, 6.45) is 2.52. The van der Waals surface area contributed by atoms with Crippen LogP contribution in [0.3, 0.4) is 0 Å². The van der Waals surface area contributed by atoms with Gasteiger partial charge in [-0.2, -0.15) is 0 Å². The van der Waals surface area contributed by atoms with Crippen LogP contribution in [0.5, 0.6) is 0 Å². The monoisotopic (exact) mass is 208 g/mol. The van der Waals surface area contributed by atoms with E-state index in [2.05, 4.69) is 0 Å². The van der Waals surface area contributed by atoms with Crippen molar-refractivity contribution in [3.63, 3.8) is 0 Å². The Morgan fingerprint density at radius 1 is 1.62 bits per heavy atom. The standard InChI is InChI=1S/C8H17O4P/c1-3-4-5-13(9,10-2)12-7-8-6-11-8/h8H,3-7H2,1-2H3/t8-,13?/m0/s1. The normalized spacial score (nSPS) is 25.5. The van der Waals surface area contributed by atoms with Gasteiger partial charge in [0.15, 0.2) is 0 Å². The lowest BCUT2D eigenvalue weighted by molar-refractivity contribution is 0.210. The minimum Gasteiger partial charge on any atom is -0.371 e. The van der Waals surface area contributed by atoms with Crippen LogP contribution in [0.1, 0.15) is 19.8 Å². The Hall–Kier alpha value is 0.110. The number of ether oxygens (including phenoxy) is 1. The predicted molar refractivity (Wildman–Crippen MR) is 50.1 cm³/mol. The molecular formula is C8H17O4P. The van der Waals surface area contributed by atoms with Gasteiger partial charge in [0, 0.05) is 7.11 Å². The Morgan fingerprint density at radius 2 is 2.31 bits per heavy atom. The molecule has 5 heteroatoms. The lowest BCUT2D eigenvalue weighted by Gasteiger charge is -2.14. The zero-order chi connectivity index (χ0) is 9.73. The fourth-order valence-corrected chi connectivity index (χ4v) is 2.44. The van der Waals surface area contributed by atoms with Crippen molar-refractivity contribution in [3.05, 3.63) is 0 Å². The van der Waals surface area contributed by atoms with Crippen molar-refractivity contribution in [2.75, 3.05) is 26.5 Å². The lowest BCUT2D eigenvalue weighted by atomic mass is 10.4. The maximum absolute atomic E-state index is 11.8. The molecule has 1 saturated heterocycles. The summed E-state index contributed by atoms with van der Waals surface area (Å²) in [7, 11) is -1.38. The van der Waals surface area contributed by atoms with Crippen LogP contribution >= 0.6 is 7.60 Å². The first kappa shape index (κ1) is 11.2. The third kappa shape index (κ3) is 4.23. The molecule has 1 unspecified atom stereocenters. The van der Waals surface area contributed by atoms with E-state index in [0.717, 1.165) is 19.4 Å². The summed E-state index contributed by atoms with van der Waals surface area (Å²) in [5.41, 5.74) is 0. The van der Waals surface area contributed by atoms with Crippen molar-refractivity contribution < 1.29 is 18.3 Å². The van der Waals surface area contributed by atoms with E-state index in [9.17, 15) is 4.57 Å². The molecule has 1 aliphatic heterocycles. The highest BCUT2D eigenvalue weighted by atomic mass is 31.2. The molecular weight excluding hydrogens is 191 g/mol. The number of epoxide rings is 1. The molecule has 0 radical (unpaired) electrons. The van der Waals surface area contributed by atoms with E-state index in [1.54, 1.807) is 0 Å². The first-order valence-corrected chi connectivity index (χ1v) is 6.34. The highest BCUT2D eigenvalue weighted by Gasteiger charge is 2.29. The zero-order valence-electron chi connectivity index (χ0n) is 8.19. The van der Waals surface area contributed by atoms with Crippen molar-refractivity contribution in [1.82, 2.24) is 0 Å². The molecule has 78 valence electrons. The molecule has 0 saturated carbocycles. The van der Waals surface area contributed by atoms with Crippen molar-refractivity contribution >= 4 is 7.60 Å². The van der Waals surface area contributed by atoms with E-state index < -0.39 is 7.60 Å². The summed E-state index contributed by atoms with van der Waals surface area (Å²) in [5.74, 6) is 0. The third-order valence-electron chi connectivity index (χ3n) is 1.92. The van der Waals surface area contributed by atoms with Crippen molar-refractivity contribution in [3.8, 4) is 0 Å². The van der Waals surface area contributed by atoms with Crippen LogP contribution in [-0.4, -0.2) is 32.6 Å². The van der Waals surface area contributed by atoms with Gasteiger partial charge >= 0.3 is 7.60 Å². The van der Waals surface area contributed by atoms with Gasteiger partial charge in [-0.1, -0.05) is 13.3 Å². The van der Waals surface area contributed by atoms with Crippen LogP contribution < -0.4 is 0 Å². The Morgan fingerprint density at radius 3 is 2.77 bits per heavy atom. The van der Waals surface area contributed by atoms with E-state index in [0.29, 0.717) is 12.8 Å². The average molecular weight is 208 g/mol. The van der Waals surface area contributed by atoms with Gasteiger partial charge in [0.25, 0.3) is 0 Å². The van der Waals surface area contributed by atoms with E-state index in [1.807, 2.05) is 6.92 Å². The number of hydrogen-bond donors (Lipinski definition) is 0. The second-order valence-electron chi connectivity index (χ2n) is 3.12. The lowest BCUT2D eigenvalue weighted by Crippen LogP contribution is -2.03. The zero-order valence-corrected chi connectivity index (χ0v) is 9.09. The summed E-state index contributed by atoms with van der Waals surface area (Å²) in [6.45, 7) is 3.16. The van der Waals surface area contributed by atoms with Crippen LogP contribution in [-0.2, 0) is 18.3 Å². The molecule has 0 amide bonds. The second-order valence-corrected chi connectivity index (χ2v) is 5.41. The third-order valence-corrected chi connectivity index (χ3v) is 3.89.